The maximum atomic E-state index is 11.3. The van der Waals surface area contributed by atoms with Gasteiger partial charge in [-0.15, -0.1) is 0 Å². The molecule has 0 aliphatic rings. The van der Waals surface area contributed by atoms with Gasteiger partial charge in [0, 0.05) is 23.7 Å². The fourth-order valence-electron chi connectivity index (χ4n) is 2.76. The molecule has 3 aromatic rings. The van der Waals surface area contributed by atoms with E-state index in [-0.39, 0.29) is 6.04 Å². The molecule has 7 heteroatoms. The highest BCUT2D eigenvalue weighted by atomic mass is 16.1. The van der Waals surface area contributed by atoms with Gasteiger partial charge in [-0.25, -0.2) is 15.0 Å². The summed E-state index contributed by atoms with van der Waals surface area (Å²) >= 11 is 0. The minimum absolute atomic E-state index is 0.171. The first-order valence-electron chi connectivity index (χ1n) is 8.40. The summed E-state index contributed by atoms with van der Waals surface area (Å²) in [5.74, 6) is 1.09. The first-order valence-corrected chi connectivity index (χ1v) is 8.40. The predicted octanol–water partition coefficient (Wildman–Crippen LogP) is 3.00. The average Bonchev–Trinajstić information content (AvgIpc) is 3.00. The molecule has 0 saturated heterocycles. The normalized spacial score (nSPS) is 11.2. The molecule has 7 nitrogen and oxygen atoms in total. The summed E-state index contributed by atoms with van der Waals surface area (Å²) in [5, 5.41) is 3.30. The van der Waals surface area contributed by atoms with Crippen molar-refractivity contribution < 1.29 is 4.79 Å². The number of carbonyl (C=O) groups excluding carboxylic acids is 1. The summed E-state index contributed by atoms with van der Waals surface area (Å²) in [5.41, 5.74) is 8.23. The monoisotopic (exact) mass is 338 g/mol. The zero-order chi connectivity index (χ0) is 18.0. The van der Waals surface area contributed by atoms with Crippen molar-refractivity contribution in [2.75, 3.05) is 11.9 Å². The Balaban J connectivity index is 2.16. The molecule has 2 aromatic heterocycles. The molecule has 0 aliphatic heterocycles. The van der Waals surface area contributed by atoms with Gasteiger partial charge in [0.2, 0.25) is 5.91 Å². The number of aromatic nitrogens is 4. The molecule has 0 unspecified atom stereocenters. The molecule has 2 heterocycles. The number of carbonyl (C=O) groups is 1. The molecule has 0 fully saturated rings. The second-order valence-electron chi connectivity index (χ2n) is 6.16. The second-order valence-corrected chi connectivity index (χ2v) is 6.16. The van der Waals surface area contributed by atoms with E-state index in [2.05, 4.69) is 40.6 Å². The van der Waals surface area contributed by atoms with E-state index in [9.17, 15) is 4.79 Å². The van der Waals surface area contributed by atoms with E-state index < -0.39 is 5.91 Å². The van der Waals surface area contributed by atoms with Crippen molar-refractivity contribution in [1.82, 2.24) is 19.5 Å². The molecule has 1 amide bonds. The van der Waals surface area contributed by atoms with Gasteiger partial charge in [-0.3, -0.25) is 4.79 Å². The molecule has 3 N–H and O–H groups in total. The summed E-state index contributed by atoms with van der Waals surface area (Å²) < 4.78 is 2.08. The third kappa shape index (κ3) is 3.17. The fraction of sp³-hybridized carbons (Fsp3) is 0.333. The van der Waals surface area contributed by atoms with Crippen LogP contribution in [-0.2, 0) is 0 Å². The van der Waals surface area contributed by atoms with Crippen LogP contribution in [0.5, 0.6) is 0 Å². The van der Waals surface area contributed by atoms with E-state index >= 15 is 0 Å². The van der Waals surface area contributed by atoms with E-state index in [0.717, 1.165) is 41.3 Å². The number of anilines is 1. The first kappa shape index (κ1) is 16.9. The topological polar surface area (TPSA) is 98.7 Å². The van der Waals surface area contributed by atoms with Crippen molar-refractivity contribution in [3.63, 3.8) is 0 Å². The number of amides is 1. The van der Waals surface area contributed by atoms with Gasteiger partial charge in [-0.05, 0) is 32.4 Å². The van der Waals surface area contributed by atoms with Crippen LogP contribution in [0.15, 0.2) is 30.6 Å². The number of rotatable bonds is 6. The zero-order valence-electron chi connectivity index (χ0n) is 14.7. The van der Waals surface area contributed by atoms with Crippen LogP contribution in [0.4, 0.5) is 5.82 Å². The van der Waals surface area contributed by atoms with E-state index in [4.69, 9.17) is 10.7 Å². The van der Waals surface area contributed by atoms with E-state index in [1.54, 1.807) is 18.5 Å². The lowest BCUT2D eigenvalue weighted by Crippen LogP contribution is -2.10. The van der Waals surface area contributed by atoms with Gasteiger partial charge in [-0.2, -0.15) is 0 Å². The minimum atomic E-state index is -0.444. The van der Waals surface area contributed by atoms with Crippen molar-refractivity contribution in [1.29, 1.82) is 0 Å². The van der Waals surface area contributed by atoms with Crippen LogP contribution in [0.25, 0.3) is 22.6 Å². The average molecular weight is 338 g/mol. The van der Waals surface area contributed by atoms with Crippen molar-refractivity contribution in [3.8, 4) is 11.4 Å². The Morgan fingerprint density at radius 1 is 1.24 bits per heavy atom. The molecule has 3 rings (SSSR count). The highest BCUT2D eigenvalue weighted by Gasteiger charge is 2.19. The van der Waals surface area contributed by atoms with Crippen molar-refractivity contribution in [2.45, 2.75) is 33.2 Å². The summed E-state index contributed by atoms with van der Waals surface area (Å²) in [6, 6.07) is 7.30. The number of imidazole rings is 1. The van der Waals surface area contributed by atoms with Gasteiger partial charge in [-0.1, -0.05) is 19.1 Å². The largest absolute Gasteiger partial charge is 0.368 e. The quantitative estimate of drug-likeness (QED) is 0.720. The van der Waals surface area contributed by atoms with Crippen LogP contribution < -0.4 is 11.1 Å². The number of hydrogen-bond donors (Lipinski definition) is 2. The zero-order valence-corrected chi connectivity index (χ0v) is 14.7. The number of nitrogens with one attached hydrogen (secondary N) is 1. The number of benzene rings is 1. The van der Waals surface area contributed by atoms with Crippen molar-refractivity contribution in [2.24, 2.45) is 5.73 Å². The SMILES string of the molecule is CCCNc1ncnc2c1nc(-c1ccc(C(N)=O)cc1)n2C(C)C. The lowest BCUT2D eigenvalue weighted by molar-refractivity contribution is 0.100. The van der Waals surface area contributed by atoms with Crippen LogP contribution in [0, 0.1) is 0 Å². The molecular formula is C18H22N6O. The molecule has 0 atom stereocenters. The molecule has 130 valence electrons. The molecule has 0 bridgehead atoms. The number of nitrogens with two attached hydrogens (primary N) is 1. The van der Waals surface area contributed by atoms with Gasteiger partial charge in [0.05, 0.1) is 0 Å². The van der Waals surface area contributed by atoms with Crippen LogP contribution in [0.2, 0.25) is 0 Å². The molecule has 0 saturated carbocycles. The first-order chi connectivity index (χ1) is 12.0. The maximum absolute atomic E-state index is 11.3. The van der Waals surface area contributed by atoms with E-state index in [1.807, 2.05) is 12.1 Å². The Morgan fingerprint density at radius 3 is 2.56 bits per heavy atom. The molecule has 25 heavy (non-hydrogen) atoms. The van der Waals surface area contributed by atoms with Crippen LogP contribution in [0.1, 0.15) is 43.6 Å². The van der Waals surface area contributed by atoms with Crippen LogP contribution >= 0.6 is 0 Å². The summed E-state index contributed by atoms with van der Waals surface area (Å²) in [6.07, 6.45) is 2.55. The highest BCUT2D eigenvalue weighted by Crippen LogP contribution is 2.29. The van der Waals surface area contributed by atoms with Crippen molar-refractivity contribution in [3.05, 3.63) is 36.2 Å². The van der Waals surface area contributed by atoms with Crippen molar-refractivity contribution >= 4 is 22.9 Å². The van der Waals surface area contributed by atoms with Gasteiger partial charge in [0.15, 0.2) is 17.0 Å². The number of hydrogen-bond acceptors (Lipinski definition) is 5. The number of fused-ring (bicyclic) bond motifs is 1. The summed E-state index contributed by atoms with van der Waals surface area (Å²) in [7, 11) is 0. The Morgan fingerprint density at radius 2 is 1.96 bits per heavy atom. The number of nitrogens with zero attached hydrogens (tertiary/aromatic N) is 4. The van der Waals surface area contributed by atoms with Gasteiger partial charge in [0.25, 0.3) is 0 Å². The van der Waals surface area contributed by atoms with Crippen LogP contribution in [0.3, 0.4) is 0 Å². The predicted molar refractivity (Wildman–Crippen MR) is 98.4 cm³/mol. The summed E-state index contributed by atoms with van der Waals surface area (Å²) in [4.78, 5) is 24.8. The van der Waals surface area contributed by atoms with Gasteiger partial charge < -0.3 is 15.6 Å². The number of primary amides is 1. The summed E-state index contributed by atoms with van der Waals surface area (Å²) in [6.45, 7) is 7.10. The second kappa shape index (κ2) is 6.88. The molecule has 0 aliphatic carbocycles. The Hall–Kier alpha value is -2.96. The molecule has 0 radical (unpaired) electrons. The molecular weight excluding hydrogens is 316 g/mol. The standard InChI is InChI=1S/C18H22N6O/c1-4-9-20-16-14-18(22-10-21-16)24(11(2)3)17(23-14)13-7-5-12(6-8-13)15(19)25/h5-8,10-11H,4,9H2,1-3H3,(H2,19,25)(H,20,21,22). The third-order valence-electron chi connectivity index (χ3n) is 3.96. The maximum Gasteiger partial charge on any atom is 0.248 e. The fourth-order valence-corrected chi connectivity index (χ4v) is 2.76. The lowest BCUT2D eigenvalue weighted by Gasteiger charge is -2.12. The Bertz CT molecular complexity index is 898. The third-order valence-corrected chi connectivity index (χ3v) is 3.96. The Labute approximate surface area is 146 Å². The van der Waals surface area contributed by atoms with E-state index in [0.29, 0.717) is 5.56 Å². The van der Waals surface area contributed by atoms with E-state index in [1.165, 1.54) is 0 Å². The lowest BCUT2D eigenvalue weighted by atomic mass is 10.1. The minimum Gasteiger partial charge on any atom is -0.368 e. The van der Waals surface area contributed by atoms with Gasteiger partial charge in [0.1, 0.15) is 12.2 Å². The van der Waals surface area contributed by atoms with Gasteiger partial charge >= 0.3 is 0 Å². The van der Waals surface area contributed by atoms with Crippen LogP contribution in [-0.4, -0.2) is 32.0 Å². The molecule has 1 aromatic carbocycles. The smallest absolute Gasteiger partial charge is 0.248 e. The molecule has 0 spiro atoms. The highest BCUT2D eigenvalue weighted by molar-refractivity contribution is 5.93. The Kier molecular flexibility index (Phi) is 4.65.